The molecular weight excluding hydrogens is 410 g/mol. The number of hydrogen-bond acceptors (Lipinski definition) is 6. The summed E-state index contributed by atoms with van der Waals surface area (Å²) in [7, 11) is 0. The molecule has 2 heterocycles. The van der Waals surface area contributed by atoms with E-state index in [-0.39, 0.29) is 12.1 Å². The van der Waals surface area contributed by atoms with Gasteiger partial charge in [-0.15, -0.1) is 10.2 Å². The van der Waals surface area contributed by atoms with Gasteiger partial charge in [0, 0.05) is 24.9 Å². The maximum Gasteiger partial charge on any atom is 0.411 e. The van der Waals surface area contributed by atoms with E-state index in [0.717, 1.165) is 21.7 Å². The average Bonchev–Trinajstić information content (AvgIpc) is 3.28. The molecule has 1 N–H and O–H groups in total. The minimum atomic E-state index is -0.968. The number of rotatable bonds is 6. The van der Waals surface area contributed by atoms with Crippen LogP contribution in [-0.4, -0.2) is 38.4 Å². The Hall–Kier alpha value is -2.77. The minimum Gasteiger partial charge on any atom is -0.438 e. The lowest BCUT2D eigenvalue weighted by atomic mass is 9.80. The summed E-state index contributed by atoms with van der Waals surface area (Å²) in [6, 6.07) is 17.6. The third kappa shape index (κ3) is 4.62. The van der Waals surface area contributed by atoms with Gasteiger partial charge in [0.25, 0.3) is 0 Å². The standard InChI is InChI=1S/C24H27N3O3S/c1-17(18-9-11-19(12-10-18)21-26-25-16-31-21)27-14-13-24(30-22(27)28,15-23(2,3)29)20-7-5-4-6-8-20/h4-12,16-17,29H,13-15H2,1-3H3/t17-,24?/m0/s1. The summed E-state index contributed by atoms with van der Waals surface area (Å²) in [5.41, 5.74) is 2.85. The van der Waals surface area contributed by atoms with E-state index < -0.39 is 11.2 Å². The van der Waals surface area contributed by atoms with E-state index in [2.05, 4.69) is 10.2 Å². The second-order valence-corrected chi connectivity index (χ2v) is 9.54. The highest BCUT2D eigenvalue weighted by Gasteiger charge is 2.46. The van der Waals surface area contributed by atoms with Gasteiger partial charge < -0.3 is 14.7 Å². The van der Waals surface area contributed by atoms with Gasteiger partial charge >= 0.3 is 6.09 Å². The first-order valence-electron chi connectivity index (χ1n) is 10.4. The quantitative estimate of drug-likeness (QED) is 0.576. The van der Waals surface area contributed by atoms with Crippen molar-refractivity contribution in [3.63, 3.8) is 0 Å². The van der Waals surface area contributed by atoms with Crippen LogP contribution >= 0.6 is 11.3 Å². The van der Waals surface area contributed by atoms with Gasteiger partial charge in [-0.25, -0.2) is 4.79 Å². The van der Waals surface area contributed by atoms with Gasteiger partial charge in [-0.1, -0.05) is 65.9 Å². The van der Waals surface area contributed by atoms with Crippen molar-refractivity contribution < 1.29 is 14.6 Å². The van der Waals surface area contributed by atoms with Crippen molar-refractivity contribution >= 4 is 17.4 Å². The van der Waals surface area contributed by atoms with Crippen molar-refractivity contribution in [2.45, 2.75) is 50.9 Å². The second-order valence-electron chi connectivity index (χ2n) is 8.70. The molecule has 0 aliphatic carbocycles. The van der Waals surface area contributed by atoms with Crippen molar-refractivity contribution in [1.82, 2.24) is 15.1 Å². The first-order chi connectivity index (χ1) is 14.8. The molecule has 1 fully saturated rings. The molecule has 4 rings (SSSR count). The molecule has 31 heavy (non-hydrogen) atoms. The molecule has 1 unspecified atom stereocenters. The van der Waals surface area contributed by atoms with Crippen LogP contribution in [0.25, 0.3) is 10.6 Å². The first kappa shape index (κ1) is 21.5. The van der Waals surface area contributed by atoms with Crippen molar-refractivity contribution in [2.24, 2.45) is 0 Å². The van der Waals surface area contributed by atoms with Gasteiger partial charge in [-0.3, -0.25) is 0 Å². The third-order valence-corrected chi connectivity index (χ3v) is 6.50. The third-order valence-electron chi connectivity index (χ3n) is 5.76. The molecule has 1 aromatic heterocycles. The predicted octanol–water partition coefficient (Wildman–Crippen LogP) is 5.16. The van der Waals surface area contributed by atoms with Crippen LogP contribution in [0.15, 0.2) is 60.1 Å². The predicted molar refractivity (Wildman–Crippen MR) is 121 cm³/mol. The molecule has 1 aliphatic heterocycles. The Kier molecular flexibility index (Phi) is 5.81. The Morgan fingerprint density at radius 3 is 2.48 bits per heavy atom. The van der Waals surface area contributed by atoms with Crippen molar-refractivity contribution in [3.05, 3.63) is 71.2 Å². The Balaban J connectivity index is 1.54. The number of benzene rings is 2. The zero-order valence-corrected chi connectivity index (χ0v) is 18.8. The maximum atomic E-state index is 13.1. The van der Waals surface area contributed by atoms with E-state index in [1.54, 1.807) is 24.3 Å². The fraction of sp³-hybridized carbons (Fsp3) is 0.375. The summed E-state index contributed by atoms with van der Waals surface area (Å²) < 4.78 is 6.08. The summed E-state index contributed by atoms with van der Waals surface area (Å²) in [5.74, 6) is 0. The van der Waals surface area contributed by atoms with E-state index in [9.17, 15) is 9.90 Å². The lowest BCUT2D eigenvalue weighted by Gasteiger charge is -2.45. The van der Waals surface area contributed by atoms with Gasteiger partial charge in [0.1, 0.15) is 16.1 Å². The number of ether oxygens (including phenoxy) is 1. The number of carbonyl (C=O) groups excluding carboxylic acids is 1. The molecule has 1 amide bonds. The zero-order chi connectivity index (χ0) is 22.1. The highest BCUT2D eigenvalue weighted by molar-refractivity contribution is 7.12. The highest BCUT2D eigenvalue weighted by Crippen LogP contribution is 2.42. The molecule has 0 bridgehead atoms. The molecular formula is C24H27N3O3S. The molecule has 2 aromatic carbocycles. The molecule has 7 heteroatoms. The van der Waals surface area contributed by atoms with Gasteiger partial charge in [-0.2, -0.15) is 0 Å². The smallest absolute Gasteiger partial charge is 0.411 e. The molecule has 0 radical (unpaired) electrons. The SMILES string of the molecule is C[C@@H](c1ccc(-c2nncs2)cc1)N1CCC(CC(C)(C)O)(c2ccccc2)OC1=O. The number of aliphatic hydroxyl groups is 1. The molecule has 3 aromatic rings. The second kappa shape index (κ2) is 8.40. The van der Waals surface area contributed by atoms with Crippen LogP contribution in [0.5, 0.6) is 0 Å². The molecule has 6 nitrogen and oxygen atoms in total. The van der Waals surface area contributed by atoms with Crippen LogP contribution in [0, 0.1) is 0 Å². The summed E-state index contributed by atoms with van der Waals surface area (Å²) >= 11 is 1.49. The van der Waals surface area contributed by atoms with Gasteiger partial charge in [0.2, 0.25) is 0 Å². The molecule has 1 aliphatic rings. The van der Waals surface area contributed by atoms with Crippen LogP contribution in [-0.2, 0) is 10.3 Å². The van der Waals surface area contributed by atoms with Gasteiger partial charge in [-0.05, 0) is 31.9 Å². The number of cyclic esters (lactones) is 1. The fourth-order valence-electron chi connectivity index (χ4n) is 4.27. The molecule has 2 atom stereocenters. The molecule has 0 spiro atoms. The van der Waals surface area contributed by atoms with Crippen molar-refractivity contribution in [1.29, 1.82) is 0 Å². The van der Waals surface area contributed by atoms with E-state index in [1.165, 1.54) is 11.3 Å². The topological polar surface area (TPSA) is 75.6 Å². The van der Waals surface area contributed by atoms with Crippen LogP contribution in [0.2, 0.25) is 0 Å². The average molecular weight is 438 g/mol. The fourth-order valence-corrected chi connectivity index (χ4v) is 4.83. The molecule has 0 saturated carbocycles. The maximum absolute atomic E-state index is 13.1. The van der Waals surface area contributed by atoms with E-state index in [0.29, 0.717) is 19.4 Å². The first-order valence-corrected chi connectivity index (χ1v) is 11.3. The monoisotopic (exact) mass is 437 g/mol. The lowest BCUT2D eigenvalue weighted by Crippen LogP contribution is -2.51. The number of amides is 1. The lowest BCUT2D eigenvalue weighted by molar-refractivity contribution is -0.101. The van der Waals surface area contributed by atoms with E-state index in [4.69, 9.17) is 4.74 Å². The van der Waals surface area contributed by atoms with E-state index in [1.807, 2.05) is 61.5 Å². The largest absolute Gasteiger partial charge is 0.438 e. The number of aromatic nitrogens is 2. The van der Waals surface area contributed by atoms with E-state index >= 15 is 0 Å². The summed E-state index contributed by atoms with van der Waals surface area (Å²) in [6.07, 6.45) is 0.592. The molecule has 162 valence electrons. The van der Waals surface area contributed by atoms with Crippen molar-refractivity contribution in [2.75, 3.05) is 6.54 Å². The number of nitrogens with zero attached hydrogens (tertiary/aromatic N) is 3. The summed E-state index contributed by atoms with van der Waals surface area (Å²) in [6.45, 7) is 6.05. The van der Waals surface area contributed by atoms with Crippen LogP contribution in [0.4, 0.5) is 4.79 Å². The Morgan fingerprint density at radius 1 is 1.19 bits per heavy atom. The normalized spacial score (nSPS) is 20.4. The van der Waals surface area contributed by atoms with Crippen LogP contribution in [0.1, 0.15) is 50.8 Å². The zero-order valence-electron chi connectivity index (χ0n) is 18.0. The summed E-state index contributed by atoms with van der Waals surface area (Å²) in [5, 5.41) is 19.4. The Morgan fingerprint density at radius 2 is 1.90 bits per heavy atom. The van der Waals surface area contributed by atoms with Crippen LogP contribution < -0.4 is 0 Å². The molecule has 1 saturated heterocycles. The minimum absolute atomic E-state index is 0.133. The van der Waals surface area contributed by atoms with Gasteiger partial charge in [0.15, 0.2) is 0 Å². The van der Waals surface area contributed by atoms with Crippen molar-refractivity contribution in [3.8, 4) is 10.6 Å². The Bertz CT molecular complexity index is 1020. The number of carbonyl (C=O) groups is 1. The highest BCUT2D eigenvalue weighted by atomic mass is 32.1. The summed E-state index contributed by atoms with van der Waals surface area (Å²) in [4.78, 5) is 14.9. The van der Waals surface area contributed by atoms with Gasteiger partial charge in [0.05, 0.1) is 11.6 Å². The Labute approximate surface area is 186 Å². The van der Waals surface area contributed by atoms with Crippen LogP contribution in [0.3, 0.4) is 0 Å². The number of hydrogen-bond donors (Lipinski definition) is 1.